The molecule has 0 radical (unpaired) electrons. The average molecular weight is 277 g/mol. The van der Waals surface area contributed by atoms with Crippen LogP contribution in [0.15, 0.2) is 18.2 Å². The molecule has 108 valence electrons. The van der Waals surface area contributed by atoms with Gasteiger partial charge in [-0.05, 0) is 17.7 Å². The van der Waals surface area contributed by atoms with Crippen molar-refractivity contribution in [1.82, 2.24) is 5.32 Å². The average Bonchev–Trinajstić information content (AvgIpc) is 2.38. The highest BCUT2D eigenvalue weighted by atomic mass is 19.3. The molecule has 0 saturated heterocycles. The third kappa shape index (κ3) is 5.37. The van der Waals surface area contributed by atoms with E-state index in [-0.39, 0.29) is 24.7 Å². The molecule has 5 nitrogen and oxygen atoms in total. The van der Waals surface area contributed by atoms with Crippen LogP contribution in [0.1, 0.15) is 5.56 Å². The Kier molecular flexibility index (Phi) is 6.48. The van der Waals surface area contributed by atoms with E-state index in [0.29, 0.717) is 12.1 Å². The van der Waals surface area contributed by atoms with Crippen LogP contribution >= 0.6 is 0 Å². The molecular weight excluding hydrogens is 260 g/mol. The molecule has 0 aromatic heterocycles. The lowest BCUT2D eigenvalue weighted by molar-refractivity contribution is -0.0512. The number of alkyl halides is 2. The lowest BCUT2D eigenvalue weighted by Crippen LogP contribution is -2.28. The van der Waals surface area contributed by atoms with Crippen molar-refractivity contribution in [3.05, 3.63) is 23.8 Å². The van der Waals surface area contributed by atoms with Crippen molar-refractivity contribution in [2.24, 2.45) is 0 Å². The highest BCUT2D eigenvalue weighted by molar-refractivity contribution is 5.42. The second kappa shape index (κ2) is 7.88. The van der Waals surface area contributed by atoms with Crippen molar-refractivity contribution in [2.75, 3.05) is 20.3 Å². The minimum absolute atomic E-state index is 0.0421. The number of aliphatic hydroxyl groups excluding tert-OH is 2. The molecule has 0 saturated carbocycles. The first kappa shape index (κ1) is 15.6. The standard InChI is InChI=1S/C12H17F2NO4/c1-18-10-3-2-8(4-11(10)19-12(13)14)5-15-6-9(17)7-16/h2-4,9,12,15-17H,5-7H2,1H3. The van der Waals surface area contributed by atoms with Gasteiger partial charge in [0, 0.05) is 13.1 Å². The van der Waals surface area contributed by atoms with E-state index < -0.39 is 12.7 Å². The molecule has 1 aromatic rings. The molecule has 0 heterocycles. The highest BCUT2D eigenvalue weighted by Crippen LogP contribution is 2.29. The van der Waals surface area contributed by atoms with E-state index in [1.807, 2.05) is 0 Å². The number of hydrogen-bond acceptors (Lipinski definition) is 5. The van der Waals surface area contributed by atoms with Crippen molar-refractivity contribution in [3.63, 3.8) is 0 Å². The zero-order valence-electron chi connectivity index (χ0n) is 10.5. The summed E-state index contributed by atoms with van der Waals surface area (Å²) >= 11 is 0. The lowest BCUT2D eigenvalue weighted by atomic mass is 10.2. The smallest absolute Gasteiger partial charge is 0.387 e. The normalized spacial score (nSPS) is 12.5. The van der Waals surface area contributed by atoms with Crippen LogP contribution in [0.4, 0.5) is 8.78 Å². The molecule has 3 N–H and O–H groups in total. The first-order valence-corrected chi connectivity index (χ1v) is 5.68. The Hall–Kier alpha value is -1.44. The Morgan fingerprint density at radius 1 is 1.32 bits per heavy atom. The van der Waals surface area contributed by atoms with E-state index in [9.17, 15) is 8.78 Å². The van der Waals surface area contributed by atoms with Crippen molar-refractivity contribution in [2.45, 2.75) is 19.3 Å². The maximum absolute atomic E-state index is 12.2. The Balaban J connectivity index is 2.64. The quantitative estimate of drug-likeness (QED) is 0.654. The summed E-state index contributed by atoms with van der Waals surface area (Å²) in [5.41, 5.74) is 0.696. The van der Waals surface area contributed by atoms with Gasteiger partial charge in [0.1, 0.15) is 0 Å². The van der Waals surface area contributed by atoms with Crippen LogP contribution in [0.3, 0.4) is 0 Å². The van der Waals surface area contributed by atoms with Crippen molar-refractivity contribution < 1.29 is 28.5 Å². The fourth-order valence-corrected chi connectivity index (χ4v) is 1.47. The van der Waals surface area contributed by atoms with E-state index in [2.05, 4.69) is 10.1 Å². The van der Waals surface area contributed by atoms with Crippen molar-refractivity contribution in [3.8, 4) is 11.5 Å². The third-order valence-electron chi connectivity index (χ3n) is 2.36. The SMILES string of the molecule is COc1ccc(CNCC(O)CO)cc1OC(F)F. The Morgan fingerprint density at radius 2 is 2.05 bits per heavy atom. The lowest BCUT2D eigenvalue weighted by Gasteiger charge is -2.13. The molecule has 0 spiro atoms. The van der Waals surface area contributed by atoms with Crippen LogP contribution in [0.5, 0.6) is 11.5 Å². The van der Waals surface area contributed by atoms with Crippen LogP contribution in [-0.2, 0) is 6.54 Å². The van der Waals surface area contributed by atoms with Gasteiger partial charge in [0.2, 0.25) is 0 Å². The summed E-state index contributed by atoms with van der Waals surface area (Å²) in [7, 11) is 1.36. The summed E-state index contributed by atoms with van der Waals surface area (Å²) in [6.45, 7) is -2.71. The summed E-state index contributed by atoms with van der Waals surface area (Å²) < 4.78 is 33.7. The van der Waals surface area contributed by atoms with Gasteiger partial charge >= 0.3 is 6.61 Å². The molecule has 19 heavy (non-hydrogen) atoms. The summed E-state index contributed by atoms with van der Waals surface area (Å²) in [5, 5.41) is 20.6. The maximum atomic E-state index is 12.2. The molecule has 0 fully saturated rings. The van der Waals surface area contributed by atoms with Gasteiger partial charge in [0.05, 0.1) is 19.8 Å². The number of rotatable bonds is 8. The van der Waals surface area contributed by atoms with E-state index in [1.54, 1.807) is 6.07 Å². The van der Waals surface area contributed by atoms with Crippen LogP contribution in [0, 0.1) is 0 Å². The monoisotopic (exact) mass is 277 g/mol. The first-order valence-electron chi connectivity index (χ1n) is 5.68. The third-order valence-corrected chi connectivity index (χ3v) is 2.36. The summed E-state index contributed by atoms with van der Waals surface area (Å²) in [6, 6.07) is 4.65. The van der Waals surface area contributed by atoms with Crippen LogP contribution in [0.25, 0.3) is 0 Å². The van der Waals surface area contributed by atoms with Crippen LogP contribution in [0.2, 0.25) is 0 Å². The first-order chi connectivity index (χ1) is 9.06. The van der Waals surface area contributed by atoms with Gasteiger partial charge in [0.25, 0.3) is 0 Å². The predicted molar refractivity (Wildman–Crippen MR) is 64.4 cm³/mol. The summed E-state index contributed by atoms with van der Waals surface area (Å²) in [4.78, 5) is 0. The van der Waals surface area contributed by atoms with E-state index in [0.717, 1.165) is 0 Å². The Bertz CT molecular complexity index is 390. The van der Waals surface area contributed by atoms with Gasteiger partial charge in [-0.2, -0.15) is 8.78 Å². The topological polar surface area (TPSA) is 71.0 Å². The van der Waals surface area contributed by atoms with E-state index in [4.69, 9.17) is 14.9 Å². The van der Waals surface area contributed by atoms with Crippen molar-refractivity contribution >= 4 is 0 Å². The number of aliphatic hydroxyl groups is 2. The summed E-state index contributed by atoms with van der Waals surface area (Å²) in [6.07, 6.45) is -0.852. The fourth-order valence-electron chi connectivity index (χ4n) is 1.47. The molecule has 0 bridgehead atoms. The minimum atomic E-state index is -2.92. The van der Waals surface area contributed by atoms with Crippen LogP contribution < -0.4 is 14.8 Å². The zero-order chi connectivity index (χ0) is 14.3. The summed E-state index contributed by atoms with van der Waals surface area (Å²) in [5.74, 6) is 0.180. The molecule has 0 amide bonds. The Labute approximate surface area is 109 Å². The van der Waals surface area contributed by atoms with E-state index >= 15 is 0 Å². The number of ether oxygens (including phenoxy) is 2. The van der Waals surface area contributed by atoms with Gasteiger partial charge < -0.3 is 25.0 Å². The van der Waals surface area contributed by atoms with E-state index in [1.165, 1.54) is 19.2 Å². The number of methoxy groups -OCH3 is 1. The molecular formula is C12H17F2NO4. The van der Waals surface area contributed by atoms with Crippen molar-refractivity contribution in [1.29, 1.82) is 0 Å². The van der Waals surface area contributed by atoms with Gasteiger partial charge in [-0.25, -0.2) is 0 Å². The second-order valence-corrected chi connectivity index (χ2v) is 3.83. The molecule has 0 aliphatic rings. The second-order valence-electron chi connectivity index (χ2n) is 3.83. The number of halogens is 2. The molecule has 1 unspecified atom stereocenters. The van der Waals surface area contributed by atoms with Gasteiger partial charge in [0.15, 0.2) is 11.5 Å². The molecule has 1 atom stereocenters. The number of benzene rings is 1. The minimum Gasteiger partial charge on any atom is -0.493 e. The highest BCUT2D eigenvalue weighted by Gasteiger charge is 2.11. The van der Waals surface area contributed by atoms with Gasteiger partial charge in [-0.15, -0.1) is 0 Å². The Morgan fingerprint density at radius 3 is 2.63 bits per heavy atom. The van der Waals surface area contributed by atoms with Gasteiger partial charge in [-0.1, -0.05) is 6.07 Å². The predicted octanol–water partition coefficient (Wildman–Crippen LogP) is 0.739. The maximum Gasteiger partial charge on any atom is 0.387 e. The molecule has 1 aromatic carbocycles. The number of nitrogens with one attached hydrogen (secondary N) is 1. The molecule has 1 rings (SSSR count). The van der Waals surface area contributed by atoms with Crippen LogP contribution in [-0.4, -0.2) is 43.2 Å². The van der Waals surface area contributed by atoms with Gasteiger partial charge in [-0.3, -0.25) is 0 Å². The molecule has 0 aliphatic heterocycles. The molecule has 0 aliphatic carbocycles. The number of hydrogen-bond donors (Lipinski definition) is 3. The fraction of sp³-hybridized carbons (Fsp3) is 0.500. The molecule has 7 heteroatoms. The zero-order valence-corrected chi connectivity index (χ0v) is 10.5. The largest absolute Gasteiger partial charge is 0.493 e.